The van der Waals surface area contributed by atoms with Gasteiger partial charge in [0, 0.05) is 42.4 Å². The molecule has 2 amide bonds. The lowest BCUT2D eigenvalue weighted by atomic mass is 10.2. The molecule has 1 aliphatic rings. The molecule has 1 fully saturated rings. The lowest BCUT2D eigenvalue weighted by molar-refractivity contribution is 0.117. The number of urea groups is 1. The van der Waals surface area contributed by atoms with Crippen molar-refractivity contribution in [3.05, 3.63) is 29.3 Å². The third-order valence-corrected chi connectivity index (χ3v) is 4.30. The van der Waals surface area contributed by atoms with Crippen LogP contribution in [0.25, 0.3) is 0 Å². The second-order valence-electron chi connectivity index (χ2n) is 6.45. The first-order chi connectivity index (χ1) is 10.9. The SMILES string of the molecule is CC(O)CN(C(=O)NC1CCN(c2ccc(Cl)cc2)C1)C(C)C. The summed E-state index contributed by atoms with van der Waals surface area (Å²) >= 11 is 5.92. The topological polar surface area (TPSA) is 55.8 Å². The van der Waals surface area contributed by atoms with E-state index in [4.69, 9.17) is 11.6 Å². The third kappa shape index (κ3) is 5.01. The average molecular weight is 340 g/mol. The van der Waals surface area contributed by atoms with E-state index in [2.05, 4.69) is 10.2 Å². The van der Waals surface area contributed by atoms with Gasteiger partial charge >= 0.3 is 6.03 Å². The second kappa shape index (κ2) is 7.88. The molecule has 128 valence electrons. The van der Waals surface area contributed by atoms with Crippen molar-refractivity contribution in [3.8, 4) is 0 Å². The highest BCUT2D eigenvalue weighted by Gasteiger charge is 2.27. The fraction of sp³-hybridized carbons (Fsp3) is 0.588. The molecule has 1 saturated heterocycles. The molecule has 1 aromatic rings. The van der Waals surface area contributed by atoms with Crippen molar-refractivity contribution >= 4 is 23.3 Å². The van der Waals surface area contributed by atoms with E-state index in [1.807, 2.05) is 38.1 Å². The average Bonchev–Trinajstić information content (AvgIpc) is 2.93. The van der Waals surface area contributed by atoms with Crippen LogP contribution in [0.3, 0.4) is 0 Å². The van der Waals surface area contributed by atoms with Crippen LogP contribution in [0.4, 0.5) is 10.5 Å². The van der Waals surface area contributed by atoms with E-state index in [0.717, 1.165) is 30.2 Å². The number of benzene rings is 1. The van der Waals surface area contributed by atoms with Gasteiger partial charge in [0.2, 0.25) is 0 Å². The first kappa shape index (κ1) is 17.9. The molecule has 0 radical (unpaired) electrons. The maximum atomic E-state index is 12.4. The van der Waals surface area contributed by atoms with Crippen LogP contribution in [-0.2, 0) is 0 Å². The number of amides is 2. The number of rotatable bonds is 5. The summed E-state index contributed by atoms with van der Waals surface area (Å²) < 4.78 is 0. The van der Waals surface area contributed by atoms with Crippen LogP contribution in [0.5, 0.6) is 0 Å². The predicted molar refractivity (Wildman–Crippen MR) is 94.1 cm³/mol. The standard InChI is InChI=1S/C17H26ClN3O2/c1-12(2)21(10-13(3)22)17(23)19-15-8-9-20(11-15)16-6-4-14(18)5-7-16/h4-7,12-13,15,22H,8-11H2,1-3H3,(H,19,23). The molecule has 0 aliphatic carbocycles. The molecule has 23 heavy (non-hydrogen) atoms. The molecule has 0 spiro atoms. The van der Waals surface area contributed by atoms with Crippen LogP contribution in [0.2, 0.25) is 5.02 Å². The quantitative estimate of drug-likeness (QED) is 0.867. The lowest BCUT2D eigenvalue weighted by Crippen LogP contribution is -2.50. The molecule has 1 heterocycles. The highest BCUT2D eigenvalue weighted by Crippen LogP contribution is 2.22. The Labute approximate surface area is 143 Å². The summed E-state index contributed by atoms with van der Waals surface area (Å²) in [4.78, 5) is 16.4. The predicted octanol–water partition coefficient (Wildman–Crippen LogP) is 2.72. The van der Waals surface area contributed by atoms with E-state index in [9.17, 15) is 9.90 Å². The highest BCUT2D eigenvalue weighted by atomic mass is 35.5. The van der Waals surface area contributed by atoms with Gasteiger partial charge in [-0.25, -0.2) is 4.79 Å². The van der Waals surface area contributed by atoms with Crippen LogP contribution in [-0.4, -0.2) is 53.9 Å². The fourth-order valence-corrected chi connectivity index (χ4v) is 2.96. The summed E-state index contributed by atoms with van der Waals surface area (Å²) in [5.74, 6) is 0. The zero-order valence-corrected chi connectivity index (χ0v) is 14.8. The smallest absolute Gasteiger partial charge is 0.317 e. The van der Waals surface area contributed by atoms with Crippen LogP contribution in [0.1, 0.15) is 27.2 Å². The van der Waals surface area contributed by atoms with Gasteiger partial charge in [0.05, 0.1) is 6.10 Å². The van der Waals surface area contributed by atoms with Gasteiger partial charge in [-0.3, -0.25) is 0 Å². The third-order valence-electron chi connectivity index (χ3n) is 4.05. The molecule has 1 aromatic carbocycles. The number of aliphatic hydroxyl groups is 1. The molecule has 2 N–H and O–H groups in total. The second-order valence-corrected chi connectivity index (χ2v) is 6.89. The number of carbonyl (C=O) groups excluding carboxylic acids is 1. The van der Waals surface area contributed by atoms with Crippen molar-refractivity contribution in [3.63, 3.8) is 0 Å². The van der Waals surface area contributed by atoms with Crippen molar-refractivity contribution in [1.29, 1.82) is 0 Å². The molecule has 2 atom stereocenters. The van der Waals surface area contributed by atoms with Crippen LogP contribution < -0.4 is 10.2 Å². The summed E-state index contributed by atoms with van der Waals surface area (Å²) in [7, 11) is 0. The lowest BCUT2D eigenvalue weighted by Gasteiger charge is -2.29. The van der Waals surface area contributed by atoms with E-state index in [1.165, 1.54) is 0 Å². The van der Waals surface area contributed by atoms with Gasteiger partial charge in [-0.05, 0) is 51.5 Å². The van der Waals surface area contributed by atoms with Gasteiger partial charge in [-0.1, -0.05) is 11.6 Å². The molecule has 0 bridgehead atoms. The van der Waals surface area contributed by atoms with Crippen LogP contribution in [0.15, 0.2) is 24.3 Å². The van der Waals surface area contributed by atoms with Crippen molar-refractivity contribution in [2.24, 2.45) is 0 Å². The molecule has 0 aromatic heterocycles. The number of nitrogens with one attached hydrogen (secondary N) is 1. The number of hydrogen-bond acceptors (Lipinski definition) is 3. The van der Waals surface area contributed by atoms with Gasteiger partial charge < -0.3 is 20.2 Å². The van der Waals surface area contributed by atoms with Crippen molar-refractivity contribution in [2.75, 3.05) is 24.5 Å². The minimum atomic E-state index is -0.530. The summed E-state index contributed by atoms with van der Waals surface area (Å²) in [5.41, 5.74) is 1.12. The minimum absolute atomic E-state index is 0.0540. The van der Waals surface area contributed by atoms with Crippen molar-refractivity contribution in [2.45, 2.75) is 45.4 Å². The number of aliphatic hydroxyl groups excluding tert-OH is 1. The number of nitrogens with zero attached hydrogens (tertiary/aromatic N) is 2. The van der Waals surface area contributed by atoms with Gasteiger partial charge in [-0.2, -0.15) is 0 Å². The summed E-state index contributed by atoms with van der Waals surface area (Å²) in [5, 5.41) is 13.4. The summed E-state index contributed by atoms with van der Waals surface area (Å²) in [6, 6.07) is 7.83. The number of anilines is 1. The highest BCUT2D eigenvalue weighted by molar-refractivity contribution is 6.30. The summed E-state index contributed by atoms with van der Waals surface area (Å²) in [6.45, 7) is 7.64. The molecular weight excluding hydrogens is 314 g/mol. The zero-order valence-electron chi connectivity index (χ0n) is 14.0. The minimum Gasteiger partial charge on any atom is -0.392 e. The Hall–Kier alpha value is -1.46. The van der Waals surface area contributed by atoms with E-state index >= 15 is 0 Å². The van der Waals surface area contributed by atoms with E-state index in [1.54, 1.807) is 11.8 Å². The van der Waals surface area contributed by atoms with E-state index in [-0.39, 0.29) is 18.1 Å². The largest absolute Gasteiger partial charge is 0.392 e. The van der Waals surface area contributed by atoms with Gasteiger partial charge in [0.1, 0.15) is 0 Å². The Kier molecular flexibility index (Phi) is 6.13. The first-order valence-electron chi connectivity index (χ1n) is 8.12. The number of hydrogen-bond donors (Lipinski definition) is 2. The molecule has 2 unspecified atom stereocenters. The Morgan fingerprint density at radius 2 is 2.04 bits per heavy atom. The van der Waals surface area contributed by atoms with E-state index in [0.29, 0.717) is 6.54 Å². The number of carbonyl (C=O) groups is 1. The Bertz CT molecular complexity index is 519. The maximum absolute atomic E-state index is 12.4. The Morgan fingerprint density at radius 1 is 1.39 bits per heavy atom. The van der Waals surface area contributed by atoms with Gasteiger partial charge in [-0.15, -0.1) is 0 Å². The monoisotopic (exact) mass is 339 g/mol. The fourth-order valence-electron chi connectivity index (χ4n) is 2.83. The first-order valence-corrected chi connectivity index (χ1v) is 8.50. The molecular formula is C17H26ClN3O2. The Morgan fingerprint density at radius 3 is 2.61 bits per heavy atom. The normalized spacial score (nSPS) is 19.0. The summed E-state index contributed by atoms with van der Waals surface area (Å²) in [6.07, 6.45) is 0.381. The maximum Gasteiger partial charge on any atom is 0.317 e. The van der Waals surface area contributed by atoms with Crippen molar-refractivity contribution < 1.29 is 9.90 Å². The molecule has 2 rings (SSSR count). The molecule has 0 saturated carbocycles. The molecule has 6 heteroatoms. The molecule has 1 aliphatic heterocycles. The molecule has 5 nitrogen and oxygen atoms in total. The van der Waals surface area contributed by atoms with Crippen molar-refractivity contribution in [1.82, 2.24) is 10.2 Å². The van der Waals surface area contributed by atoms with E-state index < -0.39 is 6.10 Å². The Balaban J connectivity index is 1.91. The number of halogens is 1. The zero-order chi connectivity index (χ0) is 17.0. The van der Waals surface area contributed by atoms with Crippen LogP contribution >= 0.6 is 11.6 Å². The van der Waals surface area contributed by atoms with Gasteiger partial charge in [0.25, 0.3) is 0 Å². The van der Waals surface area contributed by atoms with Gasteiger partial charge in [0.15, 0.2) is 0 Å². The van der Waals surface area contributed by atoms with Crippen LogP contribution in [0, 0.1) is 0 Å².